The Morgan fingerprint density at radius 1 is 1.03 bits per heavy atom. The SMILES string of the molecule is O=C(c1nc2ccccc2[nH]1)N1CC(O)C1.OC1CCC(c2cccnc2F)CC1. The fourth-order valence-corrected chi connectivity index (χ4v) is 3.91. The molecule has 1 saturated carbocycles. The molecular formula is C22H25FN4O3. The maximum absolute atomic E-state index is 13.3. The molecule has 1 saturated heterocycles. The van der Waals surface area contributed by atoms with Crippen LogP contribution in [-0.4, -0.2) is 61.3 Å². The van der Waals surface area contributed by atoms with Crippen LogP contribution in [0.4, 0.5) is 4.39 Å². The number of para-hydroxylation sites is 2. The Hall–Kier alpha value is -2.84. The molecule has 8 heteroatoms. The molecule has 0 unspecified atom stereocenters. The zero-order valence-corrected chi connectivity index (χ0v) is 16.5. The average Bonchev–Trinajstić information content (AvgIpc) is 3.17. The van der Waals surface area contributed by atoms with Crippen LogP contribution in [0.2, 0.25) is 0 Å². The number of imidazole rings is 1. The lowest BCUT2D eigenvalue weighted by atomic mass is 9.83. The third-order valence-electron chi connectivity index (χ3n) is 5.67. The van der Waals surface area contributed by atoms with Gasteiger partial charge in [0.1, 0.15) is 0 Å². The van der Waals surface area contributed by atoms with Gasteiger partial charge in [-0.25, -0.2) is 9.97 Å². The number of hydrogen-bond acceptors (Lipinski definition) is 5. The minimum Gasteiger partial charge on any atom is -0.393 e. The Kier molecular flexibility index (Phi) is 6.06. The van der Waals surface area contributed by atoms with Crippen LogP contribution in [0.15, 0.2) is 42.6 Å². The van der Waals surface area contributed by atoms with E-state index in [1.165, 1.54) is 6.20 Å². The second-order valence-corrected chi connectivity index (χ2v) is 7.86. The number of β-amino-alcohol motifs (C(OH)–C–C–N with tert-alkyl or cyclic N) is 1. The van der Waals surface area contributed by atoms with Crippen LogP contribution in [0.1, 0.15) is 47.8 Å². The van der Waals surface area contributed by atoms with E-state index in [0.717, 1.165) is 36.7 Å². The topological polar surface area (TPSA) is 102 Å². The number of pyridine rings is 1. The van der Waals surface area contributed by atoms with Gasteiger partial charge in [-0.05, 0) is 49.8 Å². The molecule has 0 atom stereocenters. The van der Waals surface area contributed by atoms with E-state index in [4.69, 9.17) is 5.11 Å². The Bertz CT molecular complexity index is 977. The number of carbonyl (C=O) groups excluding carboxylic acids is 1. The number of rotatable bonds is 2. The Morgan fingerprint density at radius 2 is 1.77 bits per heavy atom. The number of hydrogen-bond donors (Lipinski definition) is 3. The van der Waals surface area contributed by atoms with Crippen LogP contribution < -0.4 is 0 Å². The number of aromatic nitrogens is 3. The quantitative estimate of drug-likeness (QED) is 0.562. The molecule has 3 N–H and O–H groups in total. The van der Waals surface area contributed by atoms with Crippen molar-refractivity contribution in [2.75, 3.05) is 13.1 Å². The normalized spacial score (nSPS) is 21.6. The number of aromatic amines is 1. The molecule has 0 bridgehead atoms. The molecule has 30 heavy (non-hydrogen) atoms. The third kappa shape index (κ3) is 4.49. The van der Waals surface area contributed by atoms with Gasteiger partial charge < -0.3 is 20.1 Å². The van der Waals surface area contributed by atoms with Crippen molar-refractivity contribution in [1.29, 1.82) is 0 Å². The second-order valence-electron chi connectivity index (χ2n) is 7.86. The Labute approximate surface area is 173 Å². The van der Waals surface area contributed by atoms with Gasteiger partial charge >= 0.3 is 0 Å². The molecule has 1 aromatic carbocycles. The van der Waals surface area contributed by atoms with Crippen LogP contribution in [0, 0.1) is 5.95 Å². The van der Waals surface area contributed by atoms with E-state index in [-0.39, 0.29) is 30.0 Å². The number of fused-ring (bicyclic) bond motifs is 1. The molecule has 3 heterocycles. The fraction of sp³-hybridized carbons (Fsp3) is 0.409. The van der Waals surface area contributed by atoms with Gasteiger partial charge in [0.25, 0.3) is 5.91 Å². The predicted octanol–water partition coefficient (Wildman–Crippen LogP) is 2.62. The first kappa shape index (κ1) is 20.4. The van der Waals surface area contributed by atoms with Gasteiger partial charge in [0.2, 0.25) is 5.95 Å². The van der Waals surface area contributed by atoms with Gasteiger partial charge in [-0.15, -0.1) is 0 Å². The van der Waals surface area contributed by atoms with Crippen molar-refractivity contribution in [3.63, 3.8) is 0 Å². The maximum Gasteiger partial charge on any atom is 0.289 e. The monoisotopic (exact) mass is 412 g/mol. The lowest BCUT2D eigenvalue weighted by Crippen LogP contribution is -2.53. The molecule has 5 rings (SSSR count). The molecule has 2 aromatic heterocycles. The average molecular weight is 412 g/mol. The molecule has 2 fully saturated rings. The maximum atomic E-state index is 13.3. The number of carbonyl (C=O) groups is 1. The molecule has 158 valence electrons. The van der Waals surface area contributed by atoms with Gasteiger partial charge in [0, 0.05) is 24.8 Å². The molecule has 7 nitrogen and oxygen atoms in total. The number of H-pyrrole nitrogens is 1. The van der Waals surface area contributed by atoms with E-state index in [0.29, 0.717) is 24.5 Å². The largest absolute Gasteiger partial charge is 0.393 e. The number of nitrogens with one attached hydrogen (secondary N) is 1. The summed E-state index contributed by atoms with van der Waals surface area (Å²) in [5.41, 5.74) is 2.35. The van der Waals surface area contributed by atoms with Crippen molar-refractivity contribution in [3.05, 3.63) is 59.9 Å². The van der Waals surface area contributed by atoms with Crippen LogP contribution in [0.5, 0.6) is 0 Å². The second kappa shape index (κ2) is 8.89. The van der Waals surface area contributed by atoms with E-state index in [2.05, 4.69) is 15.0 Å². The number of aliphatic hydroxyl groups excluding tert-OH is 2. The highest BCUT2D eigenvalue weighted by atomic mass is 19.1. The smallest absolute Gasteiger partial charge is 0.289 e. The zero-order chi connectivity index (χ0) is 21.1. The summed E-state index contributed by atoms with van der Waals surface area (Å²) in [5.74, 6) is 0.0792. The van der Waals surface area contributed by atoms with Crippen LogP contribution in [0.25, 0.3) is 11.0 Å². The molecule has 1 amide bonds. The summed E-state index contributed by atoms with van der Waals surface area (Å²) in [7, 11) is 0. The van der Waals surface area contributed by atoms with Crippen molar-refractivity contribution in [1.82, 2.24) is 19.9 Å². The first-order valence-electron chi connectivity index (χ1n) is 10.2. The van der Waals surface area contributed by atoms with Crippen molar-refractivity contribution >= 4 is 16.9 Å². The van der Waals surface area contributed by atoms with Crippen molar-refractivity contribution in [3.8, 4) is 0 Å². The Morgan fingerprint density at radius 3 is 2.43 bits per heavy atom. The van der Waals surface area contributed by atoms with Crippen LogP contribution in [-0.2, 0) is 0 Å². The molecule has 0 spiro atoms. The lowest BCUT2D eigenvalue weighted by Gasteiger charge is -2.35. The molecule has 0 radical (unpaired) electrons. The summed E-state index contributed by atoms with van der Waals surface area (Å²) < 4.78 is 13.3. The predicted molar refractivity (Wildman–Crippen MR) is 109 cm³/mol. The molecule has 1 aliphatic carbocycles. The summed E-state index contributed by atoms with van der Waals surface area (Å²) in [6.45, 7) is 0.797. The number of amides is 1. The van der Waals surface area contributed by atoms with Gasteiger partial charge in [0.05, 0.1) is 23.2 Å². The summed E-state index contributed by atoms with van der Waals surface area (Å²) in [5, 5.41) is 18.5. The summed E-state index contributed by atoms with van der Waals surface area (Å²) in [6, 6.07) is 11.1. The Balaban J connectivity index is 0.000000147. The molecule has 1 aliphatic heterocycles. The minimum absolute atomic E-state index is 0.151. The standard InChI is InChI=1S/C11H14FNO.C11H11N3O2/c12-11-10(2-1-7-13-11)8-3-5-9(14)6-4-8;15-7-5-14(6-7)11(16)10-12-8-3-1-2-4-9(8)13-10/h1-2,7-9,14H,3-6H2;1-4,7,15H,5-6H2,(H,12,13). The molecular weight excluding hydrogens is 387 g/mol. The van der Waals surface area contributed by atoms with E-state index in [1.807, 2.05) is 24.3 Å². The lowest BCUT2D eigenvalue weighted by molar-refractivity contribution is 0.00518. The fourth-order valence-electron chi connectivity index (χ4n) is 3.91. The molecule has 3 aromatic rings. The number of nitrogens with zero attached hydrogens (tertiary/aromatic N) is 3. The number of halogens is 1. The van der Waals surface area contributed by atoms with E-state index in [9.17, 15) is 14.3 Å². The zero-order valence-electron chi connectivity index (χ0n) is 16.5. The summed E-state index contributed by atoms with van der Waals surface area (Å²) in [6.07, 6.45) is 4.18. The highest BCUT2D eigenvalue weighted by molar-refractivity contribution is 5.94. The highest BCUT2D eigenvalue weighted by Crippen LogP contribution is 2.33. The van der Waals surface area contributed by atoms with Gasteiger partial charge in [-0.2, -0.15) is 4.39 Å². The number of benzene rings is 1. The van der Waals surface area contributed by atoms with Gasteiger partial charge in [-0.3, -0.25) is 4.79 Å². The third-order valence-corrected chi connectivity index (χ3v) is 5.67. The highest BCUT2D eigenvalue weighted by Gasteiger charge is 2.31. The van der Waals surface area contributed by atoms with Crippen molar-refractivity contribution in [2.24, 2.45) is 0 Å². The first-order valence-corrected chi connectivity index (χ1v) is 10.2. The van der Waals surface area contributed by atoms with E-state index >= 15 is 0 Å². The van der Waals surface area contributed by atoms with Crippen molar-refractivity contribution in [2.45, 2.75) is 43.8 Å². The van der Waals surface area contributed by atoms with Gasteiger partial charge in [-0.1, -0.05) is 18.2 Å². The summed E-state index contributed by atoms with van der Waals surface area (Å²) >= 11 is 0. The number of likely N-dealkylation sites (tertiary alicyclic amines) is 1. The van der Waals surface area contributed by atoms with Crippen LogP contribution >= 0.6 is 0 Å². The van der Waals surface area contributed by atoms with E-state index < -0.39 is 0 Å². The van der Waals surface area contributed by atoms with Crippen molar-refractivity contribution < 1.29 is 19.4 Å². The first-order chi connectivity index (χ1) is 14.5. The van der Waals surface area contributed by atoms with Gasteiger partial charge in [0.15, 0.2) is 5.82 Å². The minimum atomic E-state index is -0.381. The summed E-state index contributed by atoms with van der Waals surface area (Å²) in [4.78, 5) is 24.3. The van der Waals surface area contributed by atoms with E-state index in [1.54, 1.807) is 17.0 Å². The number of aliphatic hydroxyl groups is 2. The van der Waals surface area contributed by atoms with Crippen LogP contribution in [0.3, 0.4) is 0 Å². The molecule has 2 aliphatic rings.